The molecule has 19 heavy (non-hydrogen) atoms. The van der Waals surface area contributed by atoms with Gasteiger partial charge in [0.2, 0.25) is 0 Å². The van der Waals surface area contributed by atoms with Crippen molar-refractivity contribution in [3.8, 4) is 0 Å². The molecule has 0 saturated heterocycles. The molecule has 0 unspecified atom stereocenters. The molecule has 1 atom stereocenters. The van der Waals surface area contributed by atoms with Gasteiger partial charge in [0, 0.05) is 31.4 Å². The number of hydrogen-bond donors (Lipinski definition) is 2. The monoisotopic (exact) mass is 262 g/mol. The van der Waals surface area contributed by atoms with Crippen LogP contribution in [0.25, 0.3) is 0 Å². The molecule has 3 nitrogen and oxygen atoms in total. The summed E-state index contributed by atoms with van der Waals surface area (Å²) >= 11 is 0. The van der Waals surface area contributed by atoms with Gasteiger partial charge in [-0.05, 0) is 45.2 Å². The second-order valence-electron chi connectivity index (χ2n) is 5.78. The average molecular weight is 262 g/mol. The van der Waals surface area contributed by atoms with E-state index in [-0.39, 0.29) is 5.60 Å². The maximum absolute atomic E-state index is 5.76. The van der Waals surface area contributed by atoms with Crippen LogP contribution in [0.3, 0.4) is 0 Å². The molecular weight excluding hydrogens is 236 g/mol. The van der Waals surface area contributed by atoms with E-state index in [0.717, 1.165) is 19.7 Å². The Morgan fingerprint density at radius 2 is 2.16 bits per heavy atom. The molecule has 2 N–H and O–H groups in total. The first kappa shape index (κ1) is 14.4. The zero-order chi connectivity index (χ0) is 13.7. The van der Waals surface area contributed by atoms with Crippen LogP contribution in [0, 0.1) is 0 Å². The SMILES string of the molecule is CCOC(C)(C)CN[C@@H]1CCCNc2ccccc21. The van der Waals surface area contributed by atoms with Crippen molar-refractivity contribution in [2.24, 2.45) is 0 Å². The number of hydrogen-bond acceptors (Lipinski definition) is 3. The van der Waals surface area contributed by atoms with Gasteiger partial charge in [-0.15, -0.1) is 0 Å². The Hall–Kier alpha value is -1.06. The van der Waals surface area contributed by atoms with E-state index in [1.807, 2.05) is 6.92 Å². The van der Waals surface area contributed by atoms with Gasteiger partial charge in [-0.25, -0.2) is 0 Å². The van der Waals surface area contributed by atoms with E-state index in [1.54, 1.807) is 0 Å². The van der Waals surface area contributed by atoms with E-state index in [0.29, 0.717) is 6.04 Å². The van der Waals surface area contributed by atoms with Gasteiger partial charge in [0.05, 0.1) is 5.60 Å². The van der Waals surface area contributed by atoms with Crippen molar-refractivity contribution in [3.05, 3.63) is 29.8 Å². The fraction of sp³-hybridized carbons (Fsp3) is 0.625. The maximum Gasteiger partial charge on any atom is 0.0750 e. The Labute approximate surface area is 116 Å². The Balaban J connectivity index is 2.04. The van der Waals surface area contributed by atoms with Crippen molar-refractivity contribution < 1.29 is 4.74 Å². The first-order valence-electron chi connectivity index (χ1n) is 7.32. The lowest BCUT2D eigenvalue weighted by atomic mass is 10.0. The number of rotatable bonds is 5. The quantitative estimate of drug-likeness (QED) is 0.854. The van der Waals surface area contributed by atoms with E-state index in [4.69, 9.17) is 4.74 Å². The summed E-state index contributed by atoms with van der Waals surface area (Å²) in [6, 6.07) is 9.03. The van der Waals surface area contributed by atoms with Crippen LogP contribution in [-0.4, -0.2) is 25.3 Å². The molecular formula is C16H26N2O. The van der Waals surface area contributed by atoms with Gasteiger partial charge >= 0.3 is 0 Å². The van der Waals surface area contributed by atoms with Gasteiger partial charge < -0.3 is 15.4 Å². The van der Waals surface area contributed by atoms with Gasteiger partial charge in [0.1, 0.15) is 0 Å². The predicted octanol–water partition coefficient (Wildman–Crippen LogP) is 3.34. The second kappa shape index (κ2) is 6.40. The topological polar surface area (TPSA) is 33.3 Å². The van der Waals surface area contributed by atoms with Gasteiger partial charge in [0.25, 0.3) is 0 Å². The molecule has 0 spiro atoms. The lowest BCUT2D eigenvalue weighted by Crippen LogP contribution is -2.39. The van der Waals surface area contributed by atoms with E-state index in [2.05, 4.69) is 48.7 Å². The highest BCUT2D eigenvalue weighted by molar-refractivity contribution is 5.53. The van der Waals surface area contributed by atoms with Crippen molar-refractivity contribution in [3.63, 3.8) is 0 Å². The van der Waals surface area contributed by atoms with Gasteiger partial charge in [-0.3, -0.25) is 0 Å². The highest BCUT2D eigenvalue weighted by Gasteiger charge is 2.22. The molecule has 0 fully saturated rings. The zero-order valence-electron chi connectivity index (χ0n) is 12.3. The molecule has 0 saturated carbocycles. The molecule has 0 radical (unpaired) electrons. The van der Waals surface area contributed by atoms with Crippen LogP contribution in [0.2, 0.25) is 0 Å². The first-order valence-corrected chi connectivity index (χ1v) is 7.32. The molecule has 2 rings (SSSR count). The number of fused-ring (bicyclic) bond motifs is 1. The summed E-state index contributed by atoms with van der Waals surface area (Å²) in [4.78, 5) is 0. The summed E-state index contributed by atoms with van der Waals surface area (Å²) in [6.45, 7) is 9.03. The Morgan fingerprint density at radius 1 is 1.37 bits per heavy atom. The lowest BCUT2D eigenvalue weighted by Gasteiger charge is -2.28. The third-order valence-corrected chi connectivity index (χ3v) is 3.63. The third-order valence-electron chi connectivity index (χ3n) is 3.63. The van der Waals surface area contributed by atoms with Crippen LogP contribution in [0.1, 0.15) is 45.2 Å². The summed E-state index contributed by atoms with van der Waals surface area (Å²) in [5.41, 5.74) is 2.54. The number of ether oxygens (including phenoxy) is 1. The third kappa shape index (κ3) is 3.95. The Morgan fingerprint density at radius 3 is 2.95 bits per heavy atom. The summed E-state index contributed by atoms with van der Waals surface area (Å²) in [5, 5.41) is 7.18. The summed E-state index contributed by atoms with van der Waals surface area (Å²) in [5.74, 6) is 0. The van der Waals surface area contributed by atoms with E-state index >= 15 is 0 Å². The highest BCUT2D eigenvalue weighted by atomic mass is 16.5. The van der Waals surface area contributed by atoms with Gasteiger partial charge in [-0.1, -0.05) is 18.2 Å². The van der Waals surface area contributed by atoms with Crippen LogP contribution < -0.4 is 10.6 Å². The average Bonchev–Trinajstić information content (AvgIpc) is 2.58. The first-order chi connectivity index (χ1) is 9.12. The normalized spacial score (nSPS) is 19.4. The van der Waals surface area contributed by atoms with E-state index in [1.165, 1.54) is 24.1 Å². The molecule has 1 aliphatic rings. The van der Waals surface area contributed by atoms with Crippen molar-refractivity contribution in [1.29, 1.82) is 0 Å². The molecule has 1 aromatic rings. The minimum absolute atomic E-state index is 0.108. The Kier molecular flexibility index (Phi) is 4.83. The fourth-order valence-corrected chi connectivity index (χ4v) is 2.67. The van der Waals surface area contributed by atoms with Crippen molar-refractivity contribution in [2.45, 2.75) is 45.3 Å². The predicted molar refractivity (Wildman–Crippen MR) is 80.6 cm³/mol. The maximum atomic E-state index is 5.76. The largest absolute Gasteiger partial charge is 0.385 e. The van der Waals surface area contributed by atoms with Crippen LogP contribution >= 0.6 is 0 Å². The standard InChI is InChI=1S/C16H26N2O/c1-4-19-16(2,3)12-18-15-10-7-11-17-14-9-6-5-8-13(14)15/h5-6,8-9,15,17-18H,4,7,10-12H2,1-3H3/t15-/m1/s1. The minimum Gasteiger partial charge on any atom is -0.385 e. The van der Waals surface area contributed by atoms with Crippen LogP contribution in [0.15, 0.2) is 24.3 Å². The minimum atomic E-state index is -0.108. The molecule has 0 aliphatic carbocycles. The molecule has 3 heteroatoms. The molecule has 1 aliphatic heterocycles. The number of anilines is 1. The highest BCUT2D eigenvalue weighted by Crippen LogP contribution is 2.29. The van der Waals surface area contributed by atoms with Crippen LogP contribution in [-0.2, 0) is 4.74 Å². The summed E-state index contributed by atoms with van der Waals surface area (Å²) < 4.78 is 5.76. The fourth-order valence-electron chi connectivity index (χ4n) is 2.67. The zero-order valence-corrected chi connectivity index (χ0v) is 12.3. The lowest BCUT2D eigenvalue weighted by molar-refractivity contribution is -0.0108. The van der Waals surface area contributed by atoms with Gasteiger partial charge in [0.15, 0.2) is 0 Å². The van der Waals surface area contributed by atoms with Crippen molar-refractivity contribution in [2.75, 3.05) is 25.0 Å². The molecule has 1 aromatic carbocycles. The van der Waals surface area contributed by atoms with E-state index in [9.17, 15) is 0 Å². The molecule has 1 heterocycles. The molecule has 106 valence electrons. The summed E-state index contributed by atoms with van der Waals surface area (Å²) in [7, 11) is 0. The van der Waals surface area contributed by atoms with Crippen LogP contribution in [0.5, 0.6) is 0 Å². The number of benzene rings is 1. The van der Waals surface area contributed by atoms with Gasteiger partial charge in [-0.2, -0.15) is 0 Å². The van der Waals surface area contributed by atoms with Crippen LogP contribution in [0.4, 0.5) is 5.69 Å². The molecule has 0 bridgehead atoms. The second-order valence-corrected chi connectivity index (χ2v) is 5.78. The number of nitrogens with one attached hydrogen (secondary N) is 2. The molecule has 0 amide bonds. The van der Waals surface area contributed by atoms with Crippen molar-refractivity contribution >= 4 is 5.69 Å². The Bertz CT molecular complexity index is 403. The van der Waals surface area contributed by atoms with Crippen molar-refractivity contribution in [1.82, 2.24) is 5.32 Å². The smallest absolute Gasteiger partial charge is 0.0750 e. The number of para-hydroxylation sites is 1. The van der Waals surface area contributed by atoms with E-state index < -0.39 is 0 Å². The summed E-state index contributed by atoms with van der Waals surface area (Å²) in [6.07, 6.45) is 2.37. The molecule has 0 aromatic heterocycles.